The second-order valence-corrected chi connectivity index (χ2v) is 3.71. The average molecular weight is 237 g/mol. The van der Waals surface area contributed by atoms with Gasteiger partial charge in [0.25, 0.3) is 5.91 Å². The van der Waals surface area contributed by atoms with Gasteiger partial charge in [0.15, 0.2) is 0 Å². The number of hydrogen-bond donors (Lipinski definition) is 4. The van der Waals surface area contributed by atoms with E-state index in [0.717, 1.165) is 0 Å². The lowest BCUT2D eigenvalue weighted by Crippen LogP contribution is -2.41. The Hall–Kier alpha value is -2.07. The van der Waals surface area contributed by atoms with E-state index in [-0.39, 0.29) is 17.5 Å². The third-order valence-corrected chi connectivity index (χ3v) is 2.52. The first-order valence-corrected chi connectivity index (χ1v) is 5.14. The van der Waals surface area contributed by atoms with Crippen LogP contribution in [-0.2, 0) is 9.53 Å². The Kier molecular flexibility index (Phi) is 4.48. The van der Waals surface area contributed by atoms with Crippen LogP contribution in [0.4, 0.5) is 0 Å². The standard InChI is InChI=1S/C10H15N5O2/c11-3-6-1-2-17-5-8(6)15-4-7(9(12)13)10(14)16/h4,6,8,15H,1-2,5H2,(H3,12,13)(H2,14,16)/b7-4+/t6?,8-/m1/s1. The van der Waals surface area contributed by atoms with Gasteiger partial charge in [0.2, 0.25) is 0 Å². The topological polar surface area (TPSA) is 138 Å². The van der Waals surface area contributed by atoms with Gasteiger partial charge in [-0.1, -0.05) is 0 Å². The molecule has 92 valence electrons. The fourth-order valence-corrected chi connectivity index (χ4v) is 1.53. The number of hydrogen-bond acceptors (Lipinski definition) is 5. The van der Waals surface area contributed by atoms with Crippen LogP contribution in [-0.4, -0.2) is 31.0 Å². The van der Waals surface area contributed by atoms with Crippen molar-refractivity contribution in [3.8, 4) is 6.07 Å². The van der Waals surface area contributed by atoms with Crippen molar-refractivity contribution in [3.05, 3.63) is 11.8 Å². The van der Waals surface area contributed by atoms with Gasteiger partial charge < -0.3 is 21.5 Å². The molecule has 1 unspecified atom stereocenters. The van der Waals surface area contributed by atoms with Gasteiger partial charge in [0, 0.05) is 12.8 Å². The number of ether oxygens (including phenoxy) is 1. The molecular weight excluding hydrogens is 222 g/mol. The maximum atomic E-state index is 11.0. The molecule has 7 nitrogen and oxygen atoms in total. The SMILES string of the molecule is N#CC1CCOC[C@H]1N/C=C(\C(=N)N)C(N)=O. The van der Waals surface area contributed by atoms with Crippen molar-refractivity contribution in [1.29, 1.82) is 10.7 Å². The molecule has 0 spiro atoms. The molecule has 0 bridgehead atoms. The monoisotopic (exact) mass is 237 g/mol. The summed E-state index contributed by atoms with van der Waals surface area (Å²) in [4.78, 5) is 11.0. The first-order chi connectivity index (χ1) is 8.06. The van der Waals surface area contributed by atoms with Gasteiger partial charge in [-0.05, 0) is 6.42 Å². The number of nitriles is 1. The molecule has 6 N–H and O–H groups in total. The summed E-state index contributed by atoms with van der Waals surface area (Å²) >= 11 is 0. The number of amidine groups is 1. The van der Waals surface area contributed by atoms with E-state index in [2.05, 4.69) is 11.4 Å². The van der Waals surface area contributed by atoms with Gasteiger partial charge in [-0.2, -0.15) is 5.26 Å². The third kappa shape index (κ3) is 3.46. The number of nitrogens with two attached hydrogens (primary N) is 2. The van der Waals surface area contributed by atoms with Crippen LogP contribution < -0.4 is 16.8 Å². The summed E-state index contributed by atoms with van der Waals surface area (Å²) < 4.78 is 5.22. The van der Waals surface area contributed by atoms with Gasteiger partial charge >= 0.3 is 0 Å². The quantitative estimate of drug-likeness (QED) is 0.276. The summed E-state index contributed by atoms with van der Waals surface area (Å²) in [5.74, 6) is -1.38. The molecule has 0 aromatic carbocycles. The van der Waals surface area contributed by atoms with Crippen molar-refractivity contribution in [1.82, 2.24) is 5.32 Å². The minimum atomic E-state index is -0.782. The van der Waals surface area contributed by atoms with Gasteiger partial charge in [-0.3, -0.25) is 10.2 Å². The van der Waals surface area contributed by atoms with Crippen LogP contribution in [0.3, 0.4) is 0 Å². The van der Waals surface area contributed by atoms with Gasteiger partial charge in [0.05, 0.1) is 30.2 Å². The van der Waals surface area contributed by atoms with E-state index >= 15 is 0 Å². The summed E-state index contributed by atoms with van der Waals surface area (Å²) in [6.07, 6.45) is 1.91. The van der Waals surface area contributed by atoms with Crippen LogP contribution in [0.5, 0.6) is 0 Å². The fraction of sp³-hybridized carbons (Fsp3) is 0.500. The molecule has 2 atom stereocenters. The second-order valence-electron chi connectivity index (χ2n) is 3.71. The fourth-order valence-electron chi connectivity index (χ4n) is 1.53. The number of rotatable bonds is 4. The van der Waals surface area contributed by atoms with Crippen LogP contribution >= 0.6 is 0 Å². The molecule has 0 aliphatic carbocycles. The number of carbonyl (C=O) groups is 1. The summed E-state index contributed by atoms with van der Waals surface area (Å²) in [6.45, 7) is 0.925. The van der Waals surface area contributed by atoms with E-state index in [1.165, 1.54) is 6.20 Å². The Labute approximate surface area is 98.9 Å². The van der Waals surface area contributed by atoms with Gasteiger partial charge in [0.1, 0.15) is 5.84 Å². The molecular formula is C10H15N5O2. The molecule has 7 heteroatoms. The molecule has 1 amide bonds. The third-order valence-electron chi connectivity index (χ3n) is 2.52. The Morgan fingerprint density at radius 2 is 2.29 bits per heavy atom. The number of nitrogens with one attached hydrogen (secondary N) is 2. The Bertz CT molecular complexity index is 369. The van der Waals surface area contributed by atoms with Gasteiger partial charge in [-0.15, -0.1) is 0 Å². The number of primary amides is 1. The normalized spacial score (nSPS) is 24.8. The highest BCUT2D eigenvalue weighted by molar-refractivity contribution is 6.18. The molecule has 1 rings (SSSR count). The minimum Gasteiger partial charge on any atom is -0.384 e. The predicted molar refractivity (Wildman–Crippen MR) is 60.7 cm³/mol. The second kappa shape index (κ2) is 5.86. The lowest BCUT2D eigenvalue weighted by molar-refractivity contribution is -0.114. The zero-order valence-electron chi connectivity index (χ0n) is 9.27. The van der Waals surface area contributed by atoms with E-state index in [9.17, 15) is 4.79 Å². The molecule has 1 heterocycles. The molecule has 1 saturated heterocycles. The number of carbonyl (C=O) groups excluding carboxylic acids is 1. The maximum absolute atomic E-state index is 11.0. The molecule has 0 saturated carbocycles. The first kappa shape index (κ1) is 13.0. The number of amides is 1. The van der Waals surface area contributed by atoms with Gasteiger partial charge in [-0.25, -0.2) is 0 Å². The average Bonchev–Trinajstić information content (AvgIpc) is 2.29. The molecule has 0 radical (unpaired) electrons. The summed E-state index contributed by atoms with van der Waals surface area (Å²) in [5, 5.41) is 18.9. The molecule has 1 aliphatic rings. The van der Waals surface area contributed by atoms with E-state index < -0.39 is 11.7 Å². The van der Waals surface area contributed by atoms with E-state index in [1.54, 1.807) is 0 Å². The first-order valence-electron chi connectivity index (χ1n) is 5.14. The van der Waals surface area contributed by atoms with Crippen LogP contribution in [0, 0.1) is 22.7 Å². The highest BCUT2D eigenvalue weighted by Crippen LogP contribution is 2.14. The highest BCUT2D eigenvalue weighted by Gasteiger charge is 2.24. The molecule has 0 aromatic heterocycles. The van der Waals surface area contributed by atoms with E-state index in [1.807, 2.05) is 0 Å². The molecule has 17 heavy (non-hydrogen) atoms. The van der Waals surface area contributed by atoms with Crippen LogP contribution in [0.2, 0.25) is 0 Å². The smallest absolute Gasteiger partial charge is 0.253 e. The summed E-state index contributed by atoms with van der Waals surface area (Å²) in [7, 11) is 0. The molecule has 1 fully saturated rings. The minimum absolute atomic E-state index is 0.104. The molecule has 0 aromatic rings. The van der Waals surface area contributed by atoms with Crippen molar-refractivity contribution in [2.45, 2.75) is 12.5 Å². The van der Waals surface area contributed by atoms with Crippen molar-refractivity contribution in [3.63, 3.8) is 0 Å². The molecule has 1 aliphatic heterocycles. The van der Waals surface area contributed by atoms with Crippen molar-refractivity contribution >= 4 is 11.7 Å². The predicted octanol–water partition coefficient (Wildman–Crippen LogP) is -1.19. The Balaban J connectivity index is 2.70. The number of nitrogens with zero attached hydrogens (tertiary/aromatic N) is 1. The van der Waals surface area contributed by atoms with Crippen LogP contribution in [0.1, 0.15) is 6.42 Å². The zero-order valence-corrected chi connectivity index (χ0v) is 9.27. The largest absolute Gasteiger partial charge is 0.384 e. The summed E-state index contributed by atoms with van der Waals surface area (Å²) in [6, 6.07) is 1.94. The Morgan fingerprint density at radius 1 is 1.59 bits per heavy atom. The lowest BCUT2D eigenvalue weighted by Gasteiger charge is -2.27. The van der Waals surface area contributed by atoms with Crippen LogP contribution in [0.15, 0.2) is 11.8 Å². The highest BCUT2D eigenvalue weighted by atomic mass is 16.5. The van der Waals surface area contributed by atoms with Crippen LogP contribution in [0.25, 0.3) is 0 Å². The van der Waals surface area contributed by atoms with Crippen molar-refractivity contribution < 1.29 is 9.53 Å². The van der Waals surface area contributed by atoms with E-state index in [4.69, 9.17) is 26.9 Å². The summed E-state index contributed by atoms with van der Waals surface area (Å²) in [5.41, 5.74) is 10.2. The Morgan fingerprint density at radius 3 is 2.82 bits per heavy atom. The van der Waals surface area contributed by atoms with Crippen molar-refractivity contribution in [2.24, 2.45) is 17.4 Å². The van der Waals surface area contributed by atoms with Crippen molar-refractivity contribution in [2.75, 3.05) is 13.2 Å². The lowest BCUT2D eigenvalue weighted by atomic mass is 9.96. The van der Waals surface area contributed by atoms with E-state index in [0.29, 0.717) is 19.6 Å². The maximum Gasteiger partial charge on any atom is 0.253 e. The zero-order chi connectivity index (χ0) is 12.8.